The molecular weight excluding hydrogens is 445 g/mol. The topological polar surface area (TPSA) is 79.0 Å². The van der Waals surface area contributed by atoms with Crippen LogP contribution >= 0.6 is 11.3 Å². The molecule has 2 aromatic rings. The number of amides is 3. The zero-order valence-corrected chi connectivity index (χ0v) is 19.5. The summed E-state index contributed by atoms with van der Waals surface area (Å²) in [6.07, 6.45) is 2.35. The average Bonchev–Trinajstić information content (AvgIpc) is 3.49. The Balaban J connectivity index is 1.34. The third-order valence-corrected chi connectivity index (χ3v) is 7.32. The number of methoxy groups -OCH3 is 1. The number of piperazine rings is 1. The summed E-state index contributed by atoms with van der Waals surface area (Å²) in [7, 11) is 1.42. The number of benzene rings is 1. The van der Waals surface area contributed by atoms with Crippen LogP contribution in [0.1, 0.15) is 40.9 Å². The van der Waals surface area contributed by atoms with E-state index in [0.29, 0.717) is 63.2 Å². The van der Waals surface area contributed by atoms with Gasteiger partial charge in [0, 0.05) is 44.6 Å². The van der Waals surface area contributed by atoms with Crippen molar-refractivity contribution in [1.29, 1.82) is 0 Å². The normalized spacial score (nSPS) is 20.6. The molecule has 1 aromatic carbocycles. The quantitative estimate of drug-likeness (QED) is 0.671. The average molecular weight is 474 g/mol. The number of nitrogens with one attached hydrogen (secondary N) is 1. The van der Waals surface area contributed by atoms with Crippen molar-refractivity contribution in [2.75, 3.05) is 33.3 Å². The van der Waals surface area contributed by atoms with Crippen molar-refractivity contribution in [3.8, 4) is 5.75 Å². The Bertz CT molecular complexity index is 1020. The van der Waals surface area contributed by atoms with Gasteiger partial charge in [-0.1, -0.05) is 12.1 Å². The van der Waals surface area contributed by atoms with Gasteiger partial charge in [-0.05, 0) is 48.4 Å². The summed E-state index contributed by atoms with van der Waals surface area (Å²) >= 11 is 1.42. The summed E-state index contributed by atoms with van der Waals surface area (Å²) in [6, 6.07) is 8.37. The second kappa shape index (κ2) is 9.91. The zero-order valence-electron chi connectivity index (χ0n) is 18.6. The van der Waals surface area contributed by atoms with Crippen molar-refractivity contribution < 1.29 is 23.5 Å². The summed E-state index contributed by atoms with van der Waals surface area (Å²) in [4.78, 5) is 41.8. The van der Waals surface area contributed by atoms with E-state index < -0.39 is 11.4 Å². The largest absolute Gasteiger partial charge is 0.494 e. The lowest BCUT2D eigenvalue weighted by Crippen LogP contribution is -2.51. The van der Waals surface area contributed by atoms with Crippen LogP contribution in [-0.2, 0) is 16.0 Å². The number of rotatable bonds is 7. The minimum absolute atomic E-state index is 0.0134. The first-order chi connectivity index (χ1) is 15.9. The SMILES string of the molecule is COc1cc(C[C@]2(CCC(=O)N3CCN(C(=O)c4cccs4)CC3)CCC(=O)N2)ccc1F. The minimum atomic E-state index is -0.535. The van der Waals surface area contributed by atoms with Crippen molar-refractivity contribution in [3.05, 3.63) is 52.0 Å². The molecule has 33 heavy (non-hydrogen) atoms. The molecule has 2 fully saturated rings. The van der Waals surface area contributed by atoms with Crippen LogP contribution in [0.3, 0.4) is 0 Å². The van der Waals surface area contributed by atoms with Gasteiger partial charge in [0.1, 0.15) is 0 Å². The second-order valence-electron chi connectivity index (χ2n) is 8.62. The maximum absolute atomic E-state index is 13.8. The number of nitrogens with zero attached hydrogens (tertiary/aromatic N) is 2. The van der Waals surface area contributed by atoms with Crippen LogP contribution in [-0.4, -0.2) is 66.3 Å². The van der Waals surface area contributed by atoms with Crippen molar-refractivity contribution in [3.63, 3.8) is 0 Å². The van der Waals surface area contributed by atoms with Crippen LogP contribution in [0.5, 0.6) is 5.75 Å². The van der Waals surface area contributed by atoms with E-state index in [1.807, 2.05) is 17.5 Å². The highest BCUT2D eigenvalue weighted by molar-refractivity contribution is 7.12. The number of thiophene rings is 1. The number of carbonyl (C=O) groups excluding carboxylic acids is 3. The van der Waals surface area contributed by atoms with E-state index in [0.717, 1.165) is 5.56 Å². The molecule has 7 nitrogen and oxygen atoms in total. The fourth-order valence-corrected chi connectivity index (χ4v) is 5.30. The molecule has 2 saturated heterocycles. The van der Waals surface area contributed by atoms with Gasteiger partial charge in [0.2, 0.25) is 11.8 Å². The lowest BCUT2D eigenvalue weighted by molar-refractivity contribution is -0.133. The lowest BCUT2D eigenvalue weighted by Gasteiger charge is -2.36. The van der Waals surface area contributed by atoms with Gasteiger partial charge in [0.15, 0.2) is 11.6 Å². The first-order valence-electron chi connectivity index (χ1n) is 11.1. The van der Waals surface area contributed by atoms with E-state index in [-0.39, 0.29) is 23.5 Å². The Morgan fingerprint density at radius 1 is 1.18 bits per heavy atom. The monoisotopic (exact) mass is 473 g/mol. The number of carbonyl (C=O) groups is 3. The molecule has 3 amide bonds. The van der Waals surface area contributed by atoms with Crippen LogP contribution in [0.2, 0.25) is 0 Å². The molecule has 2 aliphatic rings. The molecule has 0 bridgehead atoms. The van der Waals surface area contributed by atoms with Crippen LogP contribution in [0.4, 0.5) is 4.39 Å². The van der Waals surface area contributed by atoms with Gasteiger partial charge < -0.3 is 19.9 Å². The molecule has 0 spiro atoms. The van der Waals surface area contributed by atoms with Gasteiger partial charge in [-0.3, -0.25) is 14.4 Å². The highest BCUT2D eigenvalue weighted by Gasteiger charge is 2.38. The lowest BCUT2D eigenvalue weighted by atomic mass is 9.84. The van der Waals surface area contributed by atoms with Crippen LogP contribution in [0.15, 0.2) is 35.7 Å². The van der Waals surface area contributed by atoms with Gasteiger partial charge in [0.25, 0.3) is 5.91 Å². The van der Waals surface area contributed by atoms with Crippen LogP contribution in [0, 0.1) is 5.82 Å². The molecule has 4 rings (SSSR count). The van der Waals surface area contributed by atoms with Crippen molar-refractivity contribution >= 4 is 29.1 Å². The number of halogens is 1. The summed E-state index contributed by atoms with van der Waals surface area (Å²) in [6.45, 7) is 2.04. The van der Waals surface area contributed by atoms with E-state index >= 15 is 0 Å². The molecule has 0 saturated carbocycles. The maximum Gasteiger partial charge on any atom is 0.264 e. The third-order valence-electron chi connectivity index (χ3n) is 6.46. The van der Waals surface area contributed by atoms with Gasteiger partial charge in [0.05, 0.1) is 12.0 Å². The highest BCUT2D eigenvalue weighted by atomic mass is 32.1. The molecule has 1 N–H and O–H groups in total. The van der Waals surface area contributed by atoms with E-state index in [9.17, 15) is 18.8 Å². The Kier molecular flexibility index (Phi) is 6.97. The predicted octanol–water partition coefficient (Wildman–Crippen LogP) is 2.85. The summed E-state index contributed by atoms with van der Waals surface area (Å²) in [5, 5.41) is 4.95. The molecule has 0 radical (unpaired) electrons. The number of ether oxygens (including phenoxy) is 1. The van der Waals surface area contributed by atoms with Gasteiger partial charge in [-0.25, -0.2) is 4.39 Å². The molecule has 176 valence electrons. The number of hydrogen-bond donors (Lipinski definition) is 1. The molecule has 3 heterocycles. The summed E-state index contributed by atoms with van der Waals surface area (Å²) in [5.74, 6) is -0.261. The smallest absolute Gasteiger partial charge is 0.264 e. The Morgan fingerprint density at radius 2 is 1.94 bits per heavy atom. The molecule has 0 aliphatic carbocycles. The van der Waals surface area contributed by atoms with Gasteiger partial charge >= 0.3 is 0 Å². The summed E-state index contributed by atoms with van der Waals surface area (Å²) < 4.78 is 18.9. The first kappa shape index (κ1) is 23.2. The Morgan fingerprint density at radius 3 is 2.58 bits per heavy atom. The van der Waals surface area contributed by atoms with E-state index in [1.165, 1.54) is 24.5 Å². The van der Waals surface area contributed by atoms with E-state index in [1.54, 1.807) is 21.9 Å². The third kappa shape index (κ3) is 5.35. The predicted molar refractivity (Wildman–Crippen MR) is 123 cm³/mol. The molecule has 0 unspecified atom stereocenters. The van der Waals surface area contributed by atoms with Crippen LogP contribution < -0.4 is 10.1 Å². The van der Waals surface area contributed by atoms with Crippen molar-refractivity contribution in [1.82, 2.24) is 15.1 Å². The highest BCUT2D eigenvalue weighted by Crippen LogP contribution is 2.31. The van der Waals surface area contributed by atoms with Gasteiger partial charge in [-0.2, -0.15) is 0 Å². The standard InChI is InChI=1S/C24H28FN3O4S/c1-32-19-15-17(4-5-18(19)25)16-24(8-6-21(29)26-24)9-7-22(30)27-10-12-28(13-11-27)23(31)20-3-2-14-33-20/h2-5,14-15H,6-13,16H2,1H3,(H,26,29)/t24-/m1/s1. The van der Waals surface area contributed by atoms with Crippen molar-refractivity contribution in [2.45, 2.75) is 37.6 Å². The first-order valence-corrected chi connectivity index (χ1v) is 12.0. The van der Waals surface area contributed by atoms with Crippen molar-refractivity contribution in [2.24, 2.45) is 0 Å². The molecular formula is C24H28FN3O4S. The van der Waals surface area contributed by atoms with E-state index in [2.05, 4.69) is 5.32 Å². The molecule has 1 aromatic heterocycles. The fraction of sp³-hybridized carbons (Fsp3) is 0.458. The minimum Gasteiger partial charge on any atom is -0.494 e. The fourth-order valence-electron chi connectivity index (χ4n) is 4.61. The summed E-state index contributed by atoms with van der Waals surface area (Å²) in [5.41, 5.74) is 0.315. The second-order valence-corrected chi connectivity index (χ2v) is 9.57. The number of hydrogen-bond acceptors (Lipinski definition) is 5. The van der Waals surface area contributed by atoms with Gasteiger partial charge in [-0.15, -0.1) is 11.3 Å². The van der Waals surface area contributed by atoms with Crippen LogP contribution in [0.25, 0.3) is 0 Å². The molecule has 2 aliphatic heterocycles. The van der Waals surface area contributed by atoms with E-state index in [4.69, 9.17) is 4.74 Å². The zero-order chi connectivity index (χ0) is 23.4. The molecule has 9 heteroatoms. The molecule has 1 atom stereocenters. The maximum atomic E-state index is 13.8. The Labute approximate surface area is 196 Å². The Hall–Kier alpha value is -2.94.